The van der Waals surface area contributed by atoms with Crippen LogP contribution in [-0.2, 0) is 11.3 Å². The van der Waals surface area contributed by atoms with Gasteiger partial charge < -0.3 is 9.80 Å². The number of carbonyl (C=O) groups is 1. The Bertz CT molecular complexity index is 749. The summed E-state index contributed by atoms with van der Waals surface area (Å²) in [6.45, 7) is 3.51. The van der Waals surface area contributed by atoms with Crippen LogP contribution in [0.4, 0.5) is 0 Å². The molecular weight excluding hydrogens is 284 g/mol. The highest BCUT2D eigenvalue weighted by Crippen LogP contribution is 2.20. The van der Waals surface area contributed by atoms with Crippen LogP contribution < -0.4 is 5.56 Å². The Morgan fingerprint density at radius 2 is 2.14 bits per heavy atom. The standard InChI is InChI=1S/C14H20N6O2/c1-10-6-18(7-12(10)17(2)3)13(21)8-19-14(22)11-4-5-15-20(11)9-16-19/h4-5,9-10,12H,6-8H2,1-3H3/t10-,12-/m1/s1. The summed E-state index contributed by atoms with van der Waals surface area (Å²) >= 11 is 0. The first-order valence-electron chi connectivity index (χ1n) is 7.31. The molecule has 1 fully saturated rings. The molecule has 3 heterocycles. The second kappa shape index (κ2) is 5.53. The van der Waals surface area contributed by atoms with E-state index in [0.717, 1.165) is 0 Å². The van der Waals surface area contributed by atoms with E-state index in [9.17, 15) is 9.59 Å². The van der Waals surface area contributed by atoms with Gasteiger partial charge in [-0.3, -0.25) is 9.59 Å². The molecule has 8 nitrogen and oxygen atoms in total. The van der Waals surface area contributed by atoms with Crippen molar-refractivity contribution in [3.05, 3.63) is 28.9 Å². The van der Waals surface area contributed by atoms with Gasteiger partial charge in [0.2, 0.25) is 5.91 Å². The fourth-order valence-electron chi connectivity index (χ4n) is 3.04. The summed E-state index contributed by atoms with van der Waals surface area (Å²) < 4.78 is 2.61. The summed E-state index contributed by atoms with van der Waals surface area (Å²) in [4.78, 5) is 28.6. The first-order chi connectivity index (χ1) is 10.5. The SMILES string of the molecule is C[C@@H]1CN(C(=O)Cn2ncn3nccc3c2=O)C[C@H]1N(C)C. The van der Waals surface area contributed by atoms with Gasteiger partial charge in [-0.2, -0.15) is 10.2 Å². The molecular formula is C14H20N6O2. The number of fused-ring (bicyclic) bond motifs is 1. The summed E-state index contributed by atoms with van der Waals surface area (Å²) in [5.41, 5.74) is 0.119. The quantitative estimate of drug-likeness (QED) is 0.749. The average molecular weight is 304 g/mol. The van der Waals surface area contributed by atoms with Crippen LogP contribution in [0.5, 0.6) is 0 Å². The Labute approximate surface area is 127 Å². The minimum absolute atomic E-state index is 0.0343. The van der Waals surface area contributed by atoms with Gasteiger partial charge in [0, 0.05) is 19.1 Å². The molecule has 1 aliphatic heterocycles. The monoisotopic (exact) mass is 304 g/mol. The van der Waals surface area contributed by atoms with Crippen molar-refractivity contribution in [1.82, 2.24) is 29.2 Å². The Kier molecular flexibility index (Phi) is 3.69. The maximum atomic E-state index is 12.4. The highest BCUT2D eigenvalue weighted by atomic mass is 16.2. The van der Waals surface area contributed by atoms with E-state index in [4.69, 9.17) is 0 Å². The molecule has 2 aromatic rings. The van der Waals surface area contributed by atoms with Crippen LogP contribution in [0.2, 0.25) is 0 Å². The molecule has 8 heteroatoms. The van der Waals surface area contributed by atoms with Gasteiger partial charge in [-0.1, -0.05) is 6.92 Å². The van der Waals surface area contributed by atoms with Gasteiger partial charge in [0.05, 0.1) is 6.20 Å². The Hall–Kier alpha value is -2.22. The lowest BCUT2D eigenvalue weighted by atomic mass is 10.1. The predicted molar refractivity (Wildman–Crippen MR) is 80.5 cm³/mol. The van der Waals surface area contributed by atoms with Crippen molar-refractivity contribution in [3.63, 3.8) is 0 Å². The lowest BCUT2D eigenvalue weighted by Gasteiger charge is -2.22. The Balaban J connectivity index is 1.76. The van der Waals surface area contributed by atoms with Crippen LogP contribution in [0.1, 0.15) is 6.92 Å². The highest BCUT2D eigenvalue weighted by molar-refractivity contribution is 5.76. The minimum atomic E-state index is -0.301. The number of hydrogen-bond donors (Lipinski definition) is 0. The van der Waals surface area contributed by atoms with Crippen molar-refractivity contribution in [2.75, 3.05) is 27.2 Å². The molecule has 0 aliphatic carbocycles. The van der Waals surface area contributed by atoms with Gasteiger partial charge in [-0.15, -0.1) is 0 Å². The maximum absolute atomic E-state index is 12.4. The molecule has 0 spiro atoms. The first kappa shape index (κ1) is 14.7. The van der Waals surface area contributed by atoms with Gasteiger partial charge in [0.15, 0.2) is 0 Å². The van der Waals surface area contributed by atoms with Crippen LogP contribution in [-0.4, -0.2) is 68.3 Å². The number of carbonyl (C=O) groups excluding carboxylic acids is 1. The van der Waals surface area contributed by atoms with E-state index < -0.39 is 0 Å². The zero-order valence-electron chi connectivity index (χ0n) is 13.0. The number of nitrogens with zero attached hydrogens (tertiary/aromatic N) is 6. The molecule has 0 aromatic carbocycles. The summed E-state index contributed by atoms with van der Waals surface area (Å²) in [5.74, 6) is 0.343. The third-order valence-corrected chi connectivity index (χ3v) is 4.30. The number of amides is 1. The van der Waals surface area contributed by atoms with Crippen molar-refractivity contribution >= 4 is 11.4 Å². The molecule has 1 aliphatic rings. The first-order valence-corrected chi connectivity index (χ1v) is 7.31. The predicted octanol–water partition coefficient (Wildman–Crippen LogP) is -0.700. The van der Waals surface area contributed by atoms with Crippen LogP contribution in [0.15, 0.2) is 23.4 Å². The molecule has 118 valence electrons. The van der Waals surface area contributed by atoms with Crippen LogP contribution in [0.3, 0.4) is 0 Å². The zero-order chi connectivity index (χ0) is 15.9. The fraction of sp³-hybridized carbons (Fsp3) is 0.571. The lowest BCUT2D eigenvalue weighted by molar-refractivity contribution is -0.131. The van der Waals surface area contributed by atoms with E-state index >= 15 is 0 Å². The molecule has 2 atom stereocenters. The third-order valence-electron chi connectivity index (χ3n) is 4.30. The number of rotatable bonds is 3. The third kappa shape index (κ3) is 2.50. The summed E-state index contributed by atoms with van der Waals surface area (Å²) in [6, 6.07) is 1.97. The summed E-state index contributed by atoms with van der Waals surface area (Å²) in [7, 11) is 4.05. The van der Waals surface area contributed by atoms with Crippen molar-refractivity contribution in [1.29, 1.82) is 0 Å². The van der Waals surface area contributed by atoms with Crippen molar-refractivity contribution in [2.45, 2.75) is 19.5 Å². The molecule has 1 saturated heterocycles. The topological polar surface area (TPSA) is 75.7 Å². The van der Waals surface area contributed by atoms with Crippen LogP contribution in [0.25, 0.3) is 5.52 Å². The largest absolute Gasteiger partial charge is 0.339 e. The van der Waals surface area contributed by atoms with Crippen molar-refractivity contribution < 1.29 is 4.79 Å². The molecule has 3 rings (SSSR count). The van der Waals surface area contributed by atoms with E-state index in [1.54, 1.807) is 6.07 Å². The molecule has 0 saturated carbocycles. The van der Waals surface area contributed by atoms with Crippen molar-refractivity contribution in [2.24, 2.45) is 5.92 Å². The van der Waals surface area contributed by atoms with Gasteiger partial charge >= 0.3 is 0 Å². The summed E-state index contributed by atoms with van der Waals surface area (Å²) in [5, 5.41) is 7.97. The number of hydrogen-bond acceptors (Lipinski definition) is 5. The van der Waals surface area contributed by atoms with Gasteiger partial charge in [-0.25, -0.2) is 9.20 Å². The van der Waals surface area contributed by atoms with E-state index in [-0.39, 0.29) is 18.0 Å². The summed E-state index contributed by atoms with van der Waals surface area (Å²) in [6.07, 6.45) is 2.98. The van der Waals surface area contributed by atoms with Gasteiger partial charge in [0.1, 0.15) is 18.4 Å². The maximum Gasteiger partial charge on any atom is 0.293 e. The number of likely N-dealkylation sites (tertiary alicyclic amines) is 1. The molecule has 2 aromatic heterocycles. The Morgan fingerprint density at radius 1 is 1.36 bits per heavy atom. The normalized spacial score (nSPS) is 21.9. The van der Waals surface area contributed by atoms with Gasteiger partial charge in [-0.05, 0) is 26.1 Å². The van der Waals surface area contributed by atoms with E-state index in [0.29, 0.717) is 30.6 Å². The van der Waals surface area contributed by atoms with Crippen LogP contribution in [0, 0.1) is 5.92 Å². The van der Waals surface area contributed by atoms with Gasteiger partial charge in [0.25, 0.3) is 5.56 Å². The highest BCUT2D eigenvalue weighted by Gasteiger charge is 2.33. The number of aromatic nitrogens is 4. The molecule has 0 bridgehead atoms. The second-order valence-corrected chi connectivity index (χ2v) is 6.06. The van der Waals surface area contributed by atoms with E-state index in [1.165, 1.54) is 21.7 Å². The molecule has 0 N–H and O–H groups in total. The minimum Gasteiger partial charge on any atom is -0.339 e. The molecule has 1 amide bonds. The molecule has 0 radical (unpaired) electrons. The Morgan fingerprint density at radius 3 is 2.82 bits per heavy atom. The zero-order valence-corrected chi connectivity index (χ0v) is 13.0. The number of likely N-dealkylation sites (N-methyl/N-ethyl adjacent to an activating group) is 1. The second-order valence-electron chi connectivity index (χ2n) is 6.06. The van der Waals surface area contributed by atoms with E-state index in [1.807, 2.05) is 19.0 Å². The fourth-order valence-corrected chi connectivity index (χ4v) is 3.04. The van der Waals surface area contributed by atoms with Crippen molar-refractivity contribution in [3.8, 4) is 0 Å². The lowest BCUT2D eigenvalue weighted by Crippen LogP contribution is -2.38. The smallest absolute Gasteiger partial charge is 0.293 e. The van der Waals surface area contributed by atoms with E-state index in [2.05, 4.69) is 22.0 Å². The average Bonchev–Trinajstić information content (AvgIpc) is 3.08. The molecule has 22 heavy (non-hydrogen) atoms. The molecule has 0 unspecified atom stereocenters. The van der Waals surface area contributed by atoms with Crippen LogP contribution >= 0.6 is 0 Å².